The molecule has 0 aliphatic carbocycles. The van der Waals surface area contributed by atoms with Gasteiger partial charge in [-0.1, -0.05) is 31.5 Å². The molecule has 2 aromatic rings. The first-order valence-electron chi connectivity index (χ1n) is 7.44. The van der Waals surface area contributed by atoms with Crippen LogP contribution in [0.2, 0.25) is 0 Å². The van der Waals surface area contributed by atoms with E-state index >= 15 is 0 Å². The molecule has 1 heterocycles. The Morgan fingerprint density at radius 1 is 1.14 bits per heavy atom. The van der Waals surface area contributed by atoms with E-state index in [1.165, 1.54) is 23.3 Å². The predicted octanol–water partition coefficient (Wildman–Crippen LogP) is 4.62. The van der Waals surface area contributed by atoms with Crippen molar-refractivity contribution >= 4 is 34.4 Å². The van der Waals surface area contributed by atoms with Crippen molar-refractivity contribution in [1.29, 1.82) is 0 Å². The molecule has 2 nitrogen and oxygen atoms in total. The molecular formula is C17H22N2S2. The highest BCUT2D eigenvalue weighted by molar-refractivity contribution is 7.80. The SMILES string of the molecule is CCCCc1ccc(NC(=S)NCCc2cccs2)cc1. The van der Waals surface area contributed by atoms with Crippen LogP contribution in [-0.4, -0.2) is 11.7 Å². The van der Waals surface area contributed by atoms with Crippen molar-refractivity contribution in [2.45, 2.75) is 32.6 Å². The van der Waals surface area contributed by atoms with Crippen molar-refractivity contribution in [3.05, 3.63) is 52.2 Å². The first-order chi connectivity index (χ1) is 10.3. The van der Waals surface area contributed by atoms with Gasteiger partial charge in [0, 0.05) is 17.1 Å². The fourth-order valence-electron chi connectivity index (χ4n) is 2.06. The van der Waals surface area contributed by atoms with Crippen LogP contribution in [-0.2, 0) is 12.8 Å². The topological polar surface area (TPSA) is 24.1 Å². The molecule has 2 rings (SSSR count). The second-order valence-corrected chi connectivity index (χ2v) is 6.45. The summed E-state index contributed by atoms with van der Waals surface area (Å²) in [6, 6.07) is 12.8. The van der Waals surface area contributed by atoms with Gasteiger partial charge in [-0.3, -0.25) is 0 Å². The van der Waals surface area contributed by atoms with Gasteiger partial charge in [-0.05, 0) is 60.6 Å². The molecule has 21 heavy (non-hydrogen) atoms. The number of hydrogen-bond acceptors (Lipinski definition) is 2. The average Bonchev–Trinajstić information content (AvgIpc) is 3.00. The quantitative estimate of drug-likeness (QED) is 0.728. The molecule has 0 unspecified atom stereocenters. The number of benzene rings is 1. The molecule has 0 aliphatic rings. The van der Waals surface area contributed by atoms with E-state index in [1.807, 2.05) is 0 Å². The summed E-state index contributed by atoms with van der Waals surface area (Å²) in [5.41, 5.74) is 2.43. The molecule has 2 N–H and O–H groups in total. The third-order valence-electron chi connectivity index (χ3n) is 3.27. The molecule has 0 fully saturated rings. The molecule has 0 radical (unpaired) electrons. The molecule has 1 aromatic carbocycles. The van der Waals surface area contributed by atoms with Gasteiger partial charge in [0.05, 0.1) is 0 Å². The summed E-state index contributed by atoms with van der Waals surface area (Å²) in [4.78, 5) is 1.38. The molecule has 4 heteroatoms. The maximum absolute atomic E-state index is 5.31. The third-order valence-corrected chi connectivity index (χ3v) is 4.45. The number of unbranched alkanes of at least 4 members (excludes halogenated alkanes) is 1. The highest BCUT2D eigenvalue weighted by Crippen LogP contribution is 2.12. The van der Waals surface area contributed by atoms with Gasteiger partial charge in [-0.15, -0.1) is 11.3 Å². The van der Waals surface area contributed by atoms with E-state index in [4.69, 9.17) is 12.2 Å². The molecule has 0 amide bonds. The van der Waals surface area contributed by atoms with Crippen LogP contribution in [0.3, 0.4) is 0 Å². The molecule has 0 spiro atoms. The van der Waals surface area contributed by atoms with Crippen LogP contribution in [0.4, 0.5) is 5.69 Å². The zero-order valence-electron chi connectivity index (χ0n) is 12.4. The summed E-state index contributed by atoms with van der Waals surface area (Å²) in [7, 11) is 0. The van der Waals surface area contributed by atoms with E-state index in [1.54, 1.807) is 11.3 Å². The van der Waals surface area contributed by atoms with Crippen molar-refractivity contribution in [1.82, 2.24) is 5.32 Å². The second-order valence-electron chi connectivity index (χ2n) is 5.01. The summed E-state index contributed by atoms with van der Waals surface area (Å²) < 4.78 is 0. The van der Waals surface area contributed by atoms with Gasteiger partial charge in [0.2, 0.25) is 0 Å². The Bertz CT molecular complexity index is 532. The van der Waals surface area contributed by atoms with Gasteiger partial charge >= 0.3 is 0 Å². The van der Waals surface area contributed by atoms with Gasteiger partial charge in [-0.25, -0.2) is 0 Å². The van der Waals surface area contributed by atoms with Gasteiger partial charge in [0.15, 0.2) is 5.11 Å². The highest BCUT2D eigenvalue weighted by Gasteiger charge is 1.99. The van der Waals surface area contributed by atoms with Crippen LogP contribution >= 0.6 is 23.6 Å². The summed E-state index contributed by atoms with van der Waals surface area (Å²) in [6.45, 7) is 3.08. The maximum Gasteiger partial charge on any atom is 0.170 e. The van der Waals surface area contributed by atoms with Crippen molar-refractivity contribution < 1.29 is 0 Å². The minimum atomic E-state index is 0.688. The number of anilines is 1. The monoisotopic (exact) mass is 318 g/mol. The smallest absolute Gasteiger partial charge is 0.170 e. The number of aryl methyl sites for hydroxylation is 1. The molecule has 0 saturated heterocycles. The number of rotatable bonds is 7. The van der Waals surface area contributed by atoms with E-state index in [2.05, 4.69) is 59.3 Å². The molecule has 0 saturated carbocycles. The third kappa shape index (κ3) is 5.86. The van der Waals surface area contributed by atoms with Crippen LogP contribution < -0.4 is 10.6 Å². The fourth-order valence-corrected chi connectivity index (χ4v) is 2.99. The Labute approximate surface area is 136 Å². The van der Waals surface area contributed by atoms with E-state index in [-0.39, 0.29) is 0 Å². The van der Waals surface area contributed by atoms with Crippen molar-refractivity contribution in [2.75, 3.05) is 11.9 Å². The maximum atomic E-state index is 5.31. The van der Waals surface area contributed by atoms with Crippen LogP contribution in [0, 0.1) is 0 Å². The highest BCUT2D eigenvalue weighted by atomic mass is 32.1. The number of hydrogen-bond donors (Lipinski definition) is 2. The Morgan fingerprint density at radius 2 is 1.95 bits per heavy atom. The summed E-state index contributed by atoms with van der Waals surface area (Å²) in [5.74, 6) is 0. The first-order valence-corrected chi connectivity index (χ1v) is 8.73. The molecular weight excluding hydrogens is 296 g/mol. The van der Waals surface area contributed by atoms with Gasteiger partial charge in [0.25, 0.3) is 0 Å². The zero-order chi connectivity index (χ0) is 14.9. The Hall–Kier alpha value is -1.39. The summed E-state index contributed by atoms with van der Waals surface area (Å²) >= 11 is 7.10. The minimum Gasteiger partial charge on any atom is -0.362 e. The van der Waals surface area contributed by atoms with Crippen LogP contribution in [0.1, 0.15) is 30.2 Å². The Morgan fingerprint density at radius 3 is 2.62 bits per heavy atom. The number of thiocarbonyl (C=S) groups is 1. The Kier molecular flexibility index (Phi) is 6.70. The van der Waals surface area contributed by atoms with Crippen LogP contribution in [0.5, 0.6) is 0 Å². The molecule has 0 atom stereocenters. The lowest BCUT2D eigenvalue weighted by atomic mass is 10.1. The average molecular weight is 319 g/mol. The van der Waals surface area contributed by atoms with Crippen LogP contribution in [0.15, 0.2) is 41.8 Å². The van der Waals surface area contributed by atoms with Crippen LogP contribution in [0.25, 0.3) is 0 Å². The van der Waals surface area contributed by atoms with E-state index in [0.29, 0.717) is 5.11 Å². The van der Waals surface area contributed by atoms with E-state index in [9.17, 15) is 0 Å². The standard InChI is InChI=1S/C17H22N2S2/c1-2-3-5-14-7-9-15(10-8-14)19-17(20)18-12-11-16-6-4-13-21-16/h4,6-10,13H,2-3,5,11-12H2,1H3,(H2,18,19,20). The van der Waals surface area contributed by atoms with Gasteiger partial charge in [0.1, 0.15) is 0 Å². The molecule has 112 valence electrons. The van der Waals surface area contributed by atoms with Crippen molar-refractivity contribution in [2.24, 2.45) is 0 Å². The lowest BCUT2D eigenvalue weighted by Crippen LogP contribution is -2.30. The lowest BCUT2D eigenvalue weighted by molar-refractivity contribution is 0.795. The van der Waals surface area contributed by atoms with E-state index in [0.717, 1.165) is 25.1 Å². The fraction of sp³-hybridized carbons (Fsp3) is 0.353. The number of nitrogens with one attached hydrogen (secondary N) is 2. The summed E-state index contributed by atoms with van der Waals surface area (Å²) in [6.07, 6.45) is 4.64. The van der Waals surface area contributed by atoms with Gasteiger partial charge in [-0.2, -0.15) is 0 Å². The van der Waals surface area contributed by atoms with Gasteiger partial charge < -0.3 is 10.6 Å². The van der Waals surface area contributed by atoms with E-state index < -0.39 is 0 Å². The molecule has 0 bridgehead atoms. The Balaban J connectivity index is 1.71. The number of thiophene rings is 1. The van der Waals surface area contributed by atoms with Crippen molar-refractivity contribution in [3.63, 3.8) is 0 Å². The zero-order valence-corrected chi connectivity index (χ0v) is 14.0. The lowest BCUT2D eigenvalue weighted by Gasteiger charge is -2.10. The van der Waals surface area contributed by atoms with Crippen molar-refractivity contribution in [3.8, 4) is 0 Å². The predicted molar refractivity (Wildman–Crippen MR) is 97.3 cm³/mol. The summed E-state index contributed by atoms with van der Waals surface area (Å²) in [5, 5.41) is 9.27. The minimum absolute atomic E-state index is 0.688. The molecule has 0 aliphatic heterocycles. The second kappa shape index (κ2) is 8.80. The normalized spacial score (nSPS) is 10.3. The first kappa shape index (κ1) is 16.0. The molecule has 1 aromatic heterocycles. The largest absolute Gasteiger partial charge is 0.362 e.